The van der Waals surface area contributed by atoms with E-state index in [1.807, 2.05) is 30.3 Å². The minimum Gasteiger partial charge on any atom is -0.482 e. The molecule has 0 saturated carbocycles. The molecule has 0 bridgehead atoms. The van der Waals surface area contributed by atoms with Crippen LogP contribution in [0, 0.1) is 0 Å². The number of nitrogens with one attached hydrogen (secondary N) is 1. The van der Waals surface area contributed by atoms with E-state index in [-0.39, 0.29) is 12.6 Å². The summed E-state index contributed by atoms with van der Waals surface area (Å²) in [5, 5.41) is 0. The maximum atomic E-state index is 11.3. The van der Waals surface area contributed by atoms with Gasteiger partial charge in [0.25, 0.3) is 0 Å². The Morgan fingerprint density at radius 3 is 2.74 bits per heavy atom. The molecule has 3 rings (SSSR count). The Balaban J connectivity index is 1.74. The second-order valence-corrected chi connectivity index (χ2v) is 5.78. The first kappa shape index (κ1) is 15.6. The Bertz CT molecular complexity index is 827. The predicted octanol–water partition coefficient (Wildman–Crippen LogP) is 3.93. The Morgan fingerprint density at radius 1 is 1.22 bits per heavy atom. The average Bonchev–Trinajstić information content (AvgIpc) is 2.97. The van der Waals surface area contributed by atoms with Crippen LogP contribution in [-0.2, 0) is 9.53 Å². The zero-order chi connectivity index (χ0) is 16.2. The Kier molecular flexibility index (Phi) is 4.62. The summed E-state index contributed by atoms with van der Waals surface area (Å²) in [4.78, 5) is 19.1. The highest BCUT2D eigenvalue weighted by Gasteiger charge is 2.07. The Hall–Kier alpha value is -2.34. The molecule has 2 aromatic carbocycles. The molecule has 1 aromatic heterocycles. The molecule has 0 atom stereocenters. The molecule has 0 unspecified atom stereocenters. The van der Waals surface area contributed by atoms with Gasteiger partial charge in [-0.2, -0.15) is 0 Å². The van der Waals surface area contributed by atoms with Crippen molar-refractivity contribution in [3.8, 4) is 17.1 Å². The van der Waals surface area contributed by atoms with E-state index in [4.69, 9.17) is 9.47 Å². The van der Waals surface area contributed by atoms with Gasteiger partial charge in [0.15, 0.2) is 6.61 Å². The summed E-state index contributed by atoms with van der Waals surface area (Å²) in [5.41, 5.74) is 2.82. The third kappa shape index (κ3) is 3.71. The van der Waals surface area contributed by atoms with E-state index in [0.29, 0.717) is 12.4 Å². The molecule has 0 aliphatic carbocycles. The number of carbonyl (C=O) groups is 1. The third-order valence-corrected chi connectivity index (χ3v) is 3.73. The second-order valence-electron chi connectivity index (χ2n) is 4.86. The van der Waals surface area contributed by atoms with E-state index >= 15 is 0 Å². The number of rotatable bonds is 5. The second kappa shape index (κ2) is 6.83. The third-order valence-electron chi connectivity index (χ3n) is 3.23. The smallest absolute Gasteiger partial charge is 0.344 e. The van der Waals surface area contributed by atoms with Gasteiger partial charge in [-0.3, -0.25) is 0 Å². The summed E-state index contributed by atoms with van der Waals surface area (Å²) in [6.45, 7) is 2.02. The van der Waals surface area contributed by atoms with Crippen molar-refractivity contribution in [1.29, 1.82) is 0 Å². The van der Waals surface area contributed by atoms with Crippen LogP contribution in [0.4, 0.5) is 0 Å². The topological polar surface area (TPSA) is 64.2 Å². The van der Waals surface area contributed by atoms with Crippen molar-refractivity contribution < 1.29 is 14.3 Å². The lowest BCUT2D eigenvalue weighted by Crippen LogP contribution is -2.14. The molecule has 1 heterocycles. The van der Waals surface area contributed by atoms with Crippen molar-refractivity contribution in [2.45, 2.75) is 6.92 Å². The van der Waals surface area contributed by atoms with Crippen LogP contribution < -0.4 is 4.74 Å². The van der Waals surface area contributed by atoms with Crippen molar-refractivity contribution in [2.75, 3.05) is 13.2 Å². The lowest BCUT2D eigenvalue weighted by Gasteiger charge is -2.06. The molecule has 6 heteroatoms. The van der Waals surface area contributed by atoms with E-state index < -0.39 is 0 Å². The van der Waals surface area contributed by atoms with Gasteiger partial charge in [-0.1, -0.05) is 15.9 Å². The van der Waals surface area contributed by atoms with Gasteiger partial charge in [-0.15, -0.1) is 0 Å². The first-order valence-electron chi connectivity index (χ1n) is 7.20. The number of halogens is 1. The highest BCUT2D eigenvalue weighted by Crippen LogP contribution is 2.24. The van der Waals surface area contributed by atoms with Gasteiger partial charge in [0.1, 0.15) is 11.6 Å². The molecular formula is C17H15BrN2O3. The highest BCUT2D eigenvalue weighted by molar-refractivity contribution is 9.10. The van der Waals surface area contributed by atoms with Crippen LogP contribution >= 0.6 is 15.9 Å². The number of carbonyl (C=O) groups excluding carboxylic acids is 1. The molecule has 0 saturated heterocycles. The van der Waals surface area contributed by atoms with Crippen LogP contribution in [0.25, 0.3) is 22.4 Å². The molecular weight excluding hydrogens is 360 g/mol. The molecule has 23 heavy (non-hydrogen) atoms. The minimum atomic E-state index is -0.376. The van der Waals surface area contributed by atoms with E-state index in [9.17, 15) is 4.79 Å². The molecule has 5 nitrogen and oxygen atoms in total. The molecule has 0 aliphatic heterocycles. The fourth-order valence-corrected chi connectivity index (χ4v) is 2.53. The molecule has 0 fully saturated rings. The minimum absolute atomic E-state index is 0.0914. The normalized spacial score (nSPS) is 10.7. The number of fused-ring (bicyclic) bond motifs is 1. The van der Waals surface area contributed by atoms with Gasteiger partial charge in [0.05, 0.1) is 17.6 Å². The monoisotopic (exact) mass is 374 g/mol. The van der Waals surface area contributed by atoms with Crippen molar-refractivity contribution in [3.05, 3.63) is 46.9 Å². The number of benzene rings is 2. The first-order chi connectivity index (χ1) is 11.2. The van der Waals surface area contributed by atoms with E-state index in [1.165, 1.54) is 0 Å². The summed E-state index contributed by atoms with van der Waals surface area (Å²) >= 11 is 3.45. The first-order valence-corrected chi connectivity index (χ1v) is 7.99. The van der Waals surface area contributed by atoms with E-state index in [2.05, 4.69) is 25.9 Å². The zero-order valence-corrected chi connectivity index (χ0v) is 14.1. The largest absolute Gasteiger partial charge is 0.482 e. The van der Waals surface area contributed by atoms with Gasteiger partial charge in [-0.25, -0.2) is 9.78 Å². The predicted molar refractivity (Wildman–Crippen MR) is 91.4 cm³/mol. The quantitative estimate of drug-likeness (QED) is 0.687. The maximum Gasteiger partial charge on any atom is 0.344 e. The van der Waals surface area contributed by atoms with Gasteiger partial charge in [-0.05, 0) is 49.4 Å². The molecule has 0 amide bonds. The Labute approximate surface area is 141 Å². The molecule has 0 radical (unpaired) electrons. The summed E-state index contributed by atoms with van der Waals surface area (Å²) in [6, 6.07) is 13.3. The SMILES string of the molecule is CCOC(=O)COc1ccc(-c2nc3ccc(Br)cc3[nH]2)cc1. The van der Waals surface area contributed by atoms with Crippen LogP contribution in [-0.4, -0.2) is 29.2 Å². The van der Waals surface area contributed by atoms with Gasteiger partial charge in [0, 0.05) is 10.0 Å². The van der Waals surface area contributed by atoms with Crippen LogP contribution in [0.3, 0.4) is 0 Å². The van der Waals surface area contributed by atoms with Crippen LogP contribution in [0.1, 0.15) is 6.92 Å². The maximum absolute atomic E-state index is 11.3. The number of aromatic nitrogens is 2. The Morgan fingerprint density at radius 2 is 2.00 bits per heavy atom. The molecule has 0 spiro atoms. The summed E-state index contributed by atoms with van der Waals surface area (Å²) in [7, 11) is 0. The summed E-state index contributed by atoms with van der Waals surface area (Å²) in [5.74, 6) is 1.02. The van der Waals surface area contributed by atoms with Crippen molar-refractivity contribution in [3.63, 3.8) is 0 Å². The number of nitrogens with zero attached hydrogens (tertiary/aromatic N) is 1. The molecule has 0 aliphatic rings. The highest BCUT2D eigenvalue weighted by atomic mass is 79.9. The van der Waals surface area contributed by atoms with Gasteiger partial charge >= 0.3 is 5.97 Å². The van der Waals surface area contributed by atoms with E-state index in [0.717, 1.165) is 26.9 Å². The fraction of sp³-hybridized carbons (Fsp3) is 0.176. The number of aromatic amines is 1. The lowest BCUT2D eigenvalue weighted by atomic mass is 10.2. The van der Waals surface area contributed by atoms with Crippen molar-refractivity contribution in [2.24, 2.45) is 0 Å². The van der Waals surface area contributed by atoms with Crippen LogP contribution in [0.2, 0.25) is 0 Å². The molecule has 118 valence electrons. The van der Waals surface area contributed by atoms with Gasteiger partial charge < -0.3 is 14.5 Å². The summed E-state index contributed by atoms with van der Waals surface area (Å²) in [6.07, 6.45) is 0. The number of imidazole rings is 1. The zero-order valence-electron chi connectivity index (χ0n) is 12.5. The van der Waals surface area contributed by atoms with Crippen LogP contribution in [0.15, 0.2) is 46.9 Å². The lowest BCUT2D eigenvalue weighted by molar-refractivity contribution is -0.145. The molecule has 1 N–H and O–H groups in total. The standard InChI is InChI=1S/C17H15BrN2O3/c1-2-22-16(21)10-23-13-6-3-11(4-7-13)17-19-14-8-5-12(18)9-15(14)20-17/h3-9H,2,10H2,1H3,(H,19,20). The van der Waals surface area contributed by atoms with Crippen LogP contribution in [0.5, 0.6) is 5.75 Å². The number of esters is 1. The summed E-state index contributed by atoms with van der Waals surface area (Å²) < 4.78 is 11.2. The molecule has 3 aromatic rings. The number of hydrogen-bond donors (Lipinski definition) is 1. The average molecular weight is 375 g/mol. The van der Waals surface area contributed by atoms with Gasteiger partial charge in [0.2, 0.25) is 0 Å². The number of hydrogen-bond acceptors (Lipinski definition) is 4. The van der Waals surface area contributed by atoms with Crippen molar-refractivity contribution in [1.82, 2.24) is 9.97 Å². The van der Waals surface area contributed by atoms with E-state index in [1.54, 1.807) is 19.1 Å². The van der Waals surface area contributed by atoms with Crippen molar-refractivity contribution >= 4 is 32.9 Å². The fourth-order valence-electron chi connectivity index (χ4n) is 2.17. The number of ether oxygens (including phenoxy) is 2. The number of H-pyrrole nitrogens is 1.